The fraction of sp³-hybridized carbons (Fsp3) is 1.00. The van der Waals surface area contributed by atoms with Gasteiger partial charge in [-0.15, -0.1) is 0 Å². The van der Waals surface area contributed by atoms with Crippen LogP contribution in [-0.4, -0.2) is 18.4 Å². The highest BCUT2D eigenvalue weighted by Crippen LogP contribution is 2.59. The summed E-state index contributed by atoms with van der Waals surface area (Å²) in [6, 6.07) is 0. The van der Waals surface area contributed by atoms with E-state index in [0.717, 1.165) is 0 Å². The zero-order valence-corrected chi connectivity index (χ0v) is 10.3. The molecule has 0 spiro atoms. The molecule has 74 valence electrons. The van der Waals surface area contributed by atoms with Crippen molar-refractivity contribution in [1.29, 1.82) is 0 Å². The molecule has 0 aromatic carbocycles. The van der Waals surface area contributed by atoms with Crippen LogP contribution in [-0.2, 0) is 20.9 Å². The molecule has 0 amide bonds. The Morgan fingerprint density at radius 2 is 1.42 bits per heavy atom. The van der Waals surface area contributed by atoms with E-state index in [1.807, 2.05) is 13.8 Å². The molecule has 0 aliphatic heterocycles. The van der Waals surface area contributed by atoms with Gasteiger partial charge in [-0.2, -0.15) is 0 Å². The van der Waals surface area contributed by atoms with Gasteiger partial charge in [0.15, 0.2) is 6.49 Å². The fourth-order valence-corrected chi connectivity index (χ4v) is 2.93. The first kappa shape index (κ1) is 12.6. The largest absolute Gasteiger partial charge is 0.329 e. The van der Waals surface area contributed by atoms with E-state index in [-0.39, 0.29) is 5.16 Å². The van der Waals surface area contributed by atoms with Gasteiger partial charge in [-0.3, -0.25) is 0 Å². The summed E-state index contributed by atoms with van der Waals surface area (Å²) in [7, 11) is 0. The summed E-state index contributed by atoms with van der Waals surface area (Å²) in [5.74, 6) is 0. The van der Waals surface area contributed by atoms with Crippen LogP contribution in [0.15, 0.2) is 0 Å². The Bertz CT molecular complexity index is 164. The van der Waals surface area contributed by atoms with Gasteiger partial charge in [0.1, 0.15) is 0 Å². The van der Waals surface area contributed by atoms with E-state index in [1.54, 1.807) is 0 Å². The molecule has 0 unspecified atom stereocenters. The standard InChI is InChI=1S/C8H19O2PS/c1-6-9-11(12,10-7-2)8(3,4)5/h6-7H2,1-5H3. The minimum atomic E-state index is -2.07. The summed E-state index contributed by atoms with van der Waals surface area (Å²) in [4.78, 5) is 0. The molecular weight excluding hydrogens is 191 g/mol. The maximum atomic E-state index is 5.54. The van der Waals surface area contributed by atoms with E-state index in [9.17, 15) is 0 Å². The average molecular weight is 210 g/mol. The van der Waals surface area contributed by atoms with Gasteiger partial charge in [-0.05, 0) is 25.7 Å². The fourth-order valence-electron chi connectivity index (χ4n) is 0.764. The average Bonchev–Trinajstić information content (AvgIpc) is 1.86. The van der Waals surface area contributed by atoms with E-state index >= 15 is 0 Å². The van der Waals surface area contributed by atoms with Crippen molar-refractivity contribution in [1.82, 2.24) is 0 Å². The third-order valence-corrected chi connectivity index (χ3v) is 6.53. The first-order chi connectivity index (χ1) is 5.37. The molecule has 0 fully saturated rings. The zero-order valence-electron chi connectivity index (χ0n) is 8.59. The van der Waals surface area contributed by atoms with Crippen LogP contribution in [0.1, 0.15) is 34.6 Å². The van der Waals surface area contributed by atoms with Gasteiger partial charge in [-0.1, -0.05) is 20.8 Å². The first-order valence-electron chi connectivity index (χ1n) is 4.26. The summed E-state index contributed by atoms with van der Waals surface area (Å²) in [5.41, 5.74) is 0. The Kier molecular flexibility index (Phi) is 4.93. The highest BCUT2D eigenvalue weighted by Gasteiger charge is 2.33. The SMILES string of the molecule is CCOP(=S)(OCC)C(C)(C)C. The molecular formula is C8H19O2PS. The number of rotatable bonds is 4. The molecule has 0 aliphatic rings. The molecule has 0 rings (SSSR count). The van der Waals surface area contributed by atoms with Gasteiger partial charge in [0, 0.05) is 5.16 Å². The Morgan fingerprint density at radius 1 is 1.08 bits per heavy atom. The Balaban J connectivity index is 4.51. The predicted octanol–water partition coefficient (Wildman–Crippen LogP) is 3.17. The Labute approximate surface area is 80.8 Å². The van der Waals surface area contributed by atoms with Crippen LogP contribution in [0.2, 0.25) is 0 Å². The van der Waals surface area contributed by atoms with Crippen molar-refractivity contribution in [2.75, 3.05) is 13.2 Å². The second-order valence-corrected chi connectivity index (χ2v) is 7.80. The lowest BCUT2D eigenvalue weighted by molar-refractivity contribution is 0.251. The molecule has 0 saturated carbocycles. The molecule has 0 N–H and O–H groups in total. The molecule has 0 bridgehead atoms. The van der Waals surface area contributed by atoms with E-state index in [4.69, 9.17) is 20.9 Å². The Hall–Kier alpha value is 0.570. The third-order valence-electron chi connectivity index (χ3n) is 1.42. The van der Waals surface area contributed by atoms with Gasteiger partial charge in [-0.25, -0.2) is 0 Å². The minimum absolute atomic E-state index is 0.0612. The van der Waals surface area contributed by atoms with Crippen molar-refractivity contribution in [2.24, 2.45) is 0 Å². The lowest BCUT2D eigenvalue weighted by Crippen LogP contribution is -2.18. The van der Waals surface area contributed by atoms with E-state index in [0.29, 0.717) is 13.2 Å². The summed E-state index contributed by atoms with van der Waals surface area (Å²) in [6.45, 7) is 9.30. The van der Waals surface area contributed by atoms with Crippen molar-refractivity contribution in [2.45, 2.75) is 39.8 Å². The second-order valence-electron chi connectivity index (χ2n) is 3.50. The minimum Gasteiger partial charge on any atom is -0.329 e. The van der Waals surface area contributed by atoms with Crippen LogP contribution < -0.4 is 0 Å². The summed E-state index contributed by atoms with van der Waals surface area (Å²) in [5, 5.41) is -0.0612. The van der Waals surface area contributed by atoms with Crippen molar-refractivity contribution in [3.8, 4) is 0 Å². The third kappa shape index (κ3) is 3.14. The van der Waals surface area contributed by atoms with Crippen LogP contribution >= 0.6 is 6.49 Å². The molecule has 2 nitrogen and oxygen atoms in total. The normalized spacial score (nSPS) is 13.4. The highest BCUT2D eigenvalue weighted by atomic mass is 32.5. The molecule has 4 heteroatoms. The van der Waals surface area contributed by atoms with Crippen LogP contribution in [0.4, 0.5) is 0 Å². The smallest absolute Gasteiger partial charge is 0.194 e. The Morgan fingerprint density at radius 3 is 1.58 bits per heavy atom. The monoisotopic (exact) mass is 210 g/mol. The van der Waals surface area contributed by atoms with Gasteiger partial charge in [0.2, 0.25) is 0 Å². The van der Waals surface area contributed by atoms with Crippen LogP contribution in [0.5, 0.6) is 0 Å². The van der Waals surface area contributed by atoms with Gasteiger partial charge >= 0.3 is 0 Å². The highest BCUT2D eigenvalue weighted by molar-refractivity contribution is 8.10. The van der Waals surface area contributed by atoms with Crippen molar-refractivity contribution >= 4 is 18.3 Å². The van der Waals surface area contributed by atoms with Gasteiger partial charge in [0.05, 0.1) is 13.2 Å². The van der Waals surface area contributed by atoms with Crippen molar-refractivity contribution in [3.05, 3.63) is 0 Å². The van der Waals surface area contributed by atoms with Gasteiger partial charge in [0.25, 0.3) is 0 Å². The van der Waals surface area contributed by atoms with Crippen molar-refractivity contribution in [3.63, 3.8) is 0 Å². The zero-order chi connectivity index (χ0) is 9.83. The number of hydrogen-bond acceptors (Lipinski definition) is 3. The molecule has 0 saturated heterocycles. The molecule has 0 aliphatic carbocycles. The maximum Gasteiger partial charge on any atom is 0.194 e. The van der Waals surface area contributed by atoms with Crippen molar-refractivity contribution < 1.29 is 9.05 Å². The van der Waals surface area contributed by atoms with Crippen LogP contribution in [0.25, 0.3) is 0 Å². The van der Waals surface area contributed by atoms with E-state index in [1.165, 1.54) is 0 Å². The van der Waals surface area contributed by atoms with Crippen LogP contribution in [0, 0.1) is 0 Å². The summed E-state index contributed by atoms with van der Waals surface area (Å²) >= 11 is 5.40. The quantitative estimate of drug-likeness (QED) is 0.664. The lowest BCUT2D eigenvalue weighted by Gasteiger charge is -2.33. The first-order valence-corrected chi connectivity index (χ1v) is 6.90. The second kappa shape index (κ2) is 4.71. The molecule has 0 atom stereocenters. The molecule has 0 aromatic rings. The molecule has 0 heterocycles. The topological polar surface area (TPSA) is 18.5 Å². The lowest BCUT2D eigenvalue weighted by atomic mass is 10.3. The maximum absolute atomic E-state index is 5.54. The number of hydrogen-bond donors (Lipinski definition) is 0. The summed E-state index contributed by atoms with van der Waals surface area (Å²) in [6.07, 6.45) is 0. The summed E-state index contributed by atoms with van der Waals surface area (Å²) < 4.78 is 11.1. The van der Waals surface area contributed by atoms with Gasteiger partial charge < -0.3 is 9.05 Å². The predicted molar refractivity (Wildman–Crippen MR) is 57.3 cm³/mol. The van der Waals surface area contributed by atoms with Crippen LogP contribution in [0.3, 0.4) is 0 Å². The van der Waals surface area contributed by atoms with E-state index in [2.05, 4.69) is 20.8 Å². The van der Waals surface area contributed by atoms with E-state index < -0.39 is 6.49 Å². The molecule has 0 aromatic heterocycles. The molecule has 0 radical (unpaired) electrons. The molecule has 12 heavy (non-hydrogen) atoms.